The van der Waals surface area contributed by atoms with Gasteiger partial charge in [-0.3, -0.25) is 0 Å². The van der Waals surface area contributed by atoms with Crippen LogP contribution < -0.4 is 15.1 Å². The predicted molar refractivity (Wildman–Crippen MR) is 105 cm³/mol. The largest absolute Gasteiger partial charge is 0.380 e. The van der Waals surface area contributed by atoms with Gasteiger partial charge in [0, 0.05) is 62.8 Å². The number of sulfone groups is 1. The number of ether oxygens (including phenoxy) is 1. The fourth-order valence-electron chi connectivity index (χ4n) is 3.51. The van der Waals surface area contributed by atoms with Crippen molar-refractivity contribution < 1.29 is 13.2 Å². The molecule has 25 heavy (non-hydrogen) atoms. The van der Waals surface area contributed by atoms with E-state index in [1.54, 1.807) is 7.11 Å². The van der Waals surface area contributed by atoms with E-state index < -0.39 is 9.84 Å². The number of halogens is 1. The van der Waals surface area contributed by atoms with E-state index in [0.717, 1.165) is 30.9 Å². The minimum Gasteiger partial charge on any atom is -0.380 e. The summed E-state index contributed by atoms with van der Waals surface area (Å²) in [5, 5.41) is 3.41. The fourth-order valence-corrected chi connectivity index (χ4v) is 4.71. The Bertz CT molecular complexity index is 670. The van der Waals surface area contributed by atoms with Gasteiger partial charge in [0.2, 0.25) is 0 Å². The lowest BCUT2D eigenvalue weighted by molar-refractivity contribution is 0.185. The molecule has 0 bridgehead atoms. The van der Waals surface area contributed by atoms with Crippen LogP contribution in [0, 0.1) is 0 Å². The van der Waals surface area contributed by atoms with E-state index in [2.05, 4.69) is 40.2 Å². The van der Waals surface area contributed by atoms with Crippen LogP contribution in [0.2, 0.25) is 0 Å². The summed E-state index contributed by atoms with van der Waals surface area (Å²) in [6, 6.07) is 6.93. The van der Waals surface area contributed by atoms with Crippen molar-refractivity contribution in [1.82, 2.24) is 5.32 Å². The molecule has 1 aromatic carbocycles. The standard InChI is InChI=1S/C17H27N3O3S.ClH/c1-14-12-18-5-6-20(14)16-3-4-17(15(11-16)13-23-2)19-7-9-24(21,22)10-8-19;/h3-4,11,14,18H,5-10,12-13H2,1-2H3;1H/t14-;/m0./s1. The molecule has 3 rings (SSSR count). The number of methoxy groups -OCH3 is 1. The summed E-state index contributed by atoms with van der Waals surface area (Å²) >= 11 is 0. The second-order valence-electron chi connectivity index (χ2n) is 6.63. The first kappa shape index (κ1) is 20.3. The molecule has 0 unspecified atom stereocenters. The van der Waals surface area contributed by atoms with Crippen LogP contribution >= 0.6 is 12.4 Å². The maximum Gasteiger partial charge on any atom is 0.153 e. The number of rotatable bonds is 4. The van der Waals surface area contributed by atoms with Crippen molar-refractivity contribution in [1.29, 1.82) is 0 Å². The van der Waals surface area contributed by atoms with Gasteiger partial charge in [-0.2, -0.15) is 0 Å². The lowest BCUT2D eigenvalue weighted by atomic mass is 10.1. The number of anilines is 2. The summed E-state index contributed by atoms with van der Waals surface area (Å²) in [5.74, 6) is 0.464. The maximum atomic E-state index is 11.7. The van der Waals surface area contributed by atoms with Crippen LogP contribution in [-0.2, 0) is 21.2 Å². The Balaban J connectivity index is 0.00000225. The molecule has 0 spiro atoms. The molecule has 0 radical (unpaired) electrons. The van der Waals surface area contributed by atoms with E-state index >= 15 is 0 Å². The molecule has 2 saturated heterocycles. The number of nitrogens with one attached hydrogen (secondary N) is 1. The molecule has 142 valence electrons. The first-order valence-electron chi connectivity index (χ1n) is 8.55. The Kier molecular flexibility index (Phi) is 6.96. The topological polar surface area (TPSA) is 61.9 Å². The summed E-state index contributed by atoms with van der Waals surface area (Å²) in [6.45, 7) is 6.86. The average Bonchev–Trinajstić information content (AvgIpc) is 2.56. The van der Waals surface area contributed by atoms with Crippen molar-refractivity contribution in [2.24, 2.45) is 0 Å². The zero-order valence-corrected chi connectivity index (χ0v) is 16.5. The van der Waals surface area contributed by atoms with Gasteiger partial charge in [0.15, 0.2) is 9.84 Å². The van der Waals surface area contributed by atoms with Crippen molar-refractivity contribution in [3.8, 4) is 0 Å². The van der Waals surface area contributed by atoms with Crippen LogP contribution in [0.4, 0.5) is 11.4 Å². The molecule has 0 saturated carbocycles. The lowest BCUT2D eigenvalue weighted by Gasteiger charge is -2.37. The Hall–Kier alpha value is -1.02. The van der Waals surface area contributed by atoms with Crippen molar-refractivity contribution >= 4 is 33.6 Å². The van der Waals surface area contributed by atoms with E-state index in [-0.39, 0.29) is 23.9 Å². The second kappa shape index (κ2) is 8.58. The van der Waals surface area contributed by atoms with E-state index in [4.69, 9.17) is 4.74 Å². The number of hydrogen-bond acceptors (Lipinski definition) is 6. The van der Waals surface area contributed by atoms with Crippen LogP contribution in [0.15, 0.2) is 18.2 Å². The van der Waals surface area contributed by atoms with Crippen LogP contribution in [0.3, 0.4) is 0 Å². The van der Waals surface area contributed by atoms with Crippen LogP contribution in [0.25, 0.3) is 0 Å². The maximum absolute atomic E-state index is 11.7. The van der Waals surface area contributed by atoms with Gasteiger partial charge in [-0.1, -0.05) is 0 Å². The van der Waals surface area contributed by atoms with Gasteiger partial charge < -0.3 is 19.9 Å². The van der Waals surface area contributed by atoms with E-state index in [1.807, 2.05) is 0 Å². The normalized spacial score (nSPS) is 23.2. The van der Waals surface area contributed by atoms with Crippen LogP contribution in [-0.4, -0.2) is 65.8 Å². The lowest BCUT2D eigenvalue weighted by Crippen LogP contribution is -2.50. The quantitative estimate of drug-likeness (QED) is 0.837. The first-order chi connectivity index (χ1) is 11.5. The van der Waals surface area contributed by atoms with Gasteiger partial charge in [-0.25, -0.2) is 8.42 Å². The van der Waals surface area contributed by atoms with Gasteiger partial charge in [-0.05, 0) is 25.1 Å². The molecule has 1 atom stereocenters. The highest BCUT2D eigenvalue weighted by Gasteiger charge is 2.24. The van der Waals surface area contributed by atoms with E-state index in [1.165, 1.54) is 5.69 Å². The van der Waals surface area contributed by atoms with Crippen molar-refractivity contribution in [2.45, 2.75) is 19.6 Å². The van der Waals surface area contributed by atoms with Gasteiger partial charge in [0.25, 0.3) is 0 Å². The van der Waals surface area contributed by atoms with Crippen molar-refractivity contribution in [3.05, 3.63) is 23.8 Å². The molecule has 6 nitrogen and oxygen atoms in total. The molecule has 0 aromatic heterocycles. The molecule has 2 aliphatic rings. The molecule has 2 aliphatic heterocycles. The minimum atomic E-state index is -2.87. The highest BCUT2D eigenvalue weighted by atomic mass is 35.5. The Morgan fingerprint density at radius 1 is 1.24 bits per heavy atom. The van der Waals surface area contributed by atoms with Crippen LogP contribution in [0.1, 0.15) is 12.5 Å². The zero-order chi connectivity index (χ0) is 17.2. The summed E-state index contributed by atoms with van der Waals surface area (Å²) in [7, 11) is -1.17. The summed E-state index contributed by atoms with van der Waals surface area (Å²) < 4.78 is 28.7. The SMILES string of the molecule is COCc1cc(N2CCNC[C@@H]2C)ccc1N1CCS(=O)(=O)CC1.Cl. The Morgan fingerprint density at radius 3 is 2.60 bits per heavy atom. The molecule has 2 heterocycles. The molecule has 1 N–H and O–H groups in total. The first-order valence-corrected chi connectivity index (χ1v) is 10.4. The molecule has 0 aliphatic carbocycles. The number of nitrogens with zero attached hydrogens (tertiary/aromatic N) is 2. The smallest absolute Gasteiger partial charge is 0.153 e. The fraction of sp³-hybridized carbons (Fsp3) is 0.647. The monoisotopic (exact) mass is 389 g/mol. The van der Waals surface area contributed by atoms with Crippen molar-refractivity contribution in [3.63, 3.8) is 0 Å². The van der Waals surface area contributed by atoms with Crippen LogP contribution in [0.5, 0.6) is 0 Å². The third kappa shape index (κ3) is 4.78. The van der Waals surface area contributed by atoms with E-state index in [9.17, 15) is 8.42 Å². The zero-order valence-electron chi connectivity index (χ0n) is 14.9. The average molecular weight is 390 g/mol. The summed E-state index contributed by atoms with van der Waals surface area (Å²) in [6.07, 6.45) is 0. The number of piperazine rings is 1. The summed E-state index contributed by atoms with van der Waals surface area (Å²) in [4.78, 5) is 4.58. The molecule has 1 aromatic rings. The van der Waals surface area contributed by atoms with Gasteiger partial charge in [0.1, 0.15) is 0 Å². The summed E-state index contributed by atoms with van der Waals surface area (Å²) in [5.41, 5.74) is 3.43. The molecular weight excluding hydrogens is 362 g/mol. The Morgan fingerprint density at radius 2 is 1.96 bits per heavy atom. The van der Waals surface area contributed by atoms with Crippen molar-refractivity contribution in [2.75, 3.05) is 61.1 Å². The van der Waals surface area contributed by atoms with Gasteiger partial charge >= 0.3 is 0 Å². The predicted octanol–water partition coefficient (Wildman–Crippen LogP) is 1.29. The third-order valence-electron chi connectivity index (χ3n) is 4.88. The third-order valence-corrected chi connectivity index (χ3v) is 6.49. The van der Waals surface area contributed by atoms with Gasteiger partial charge in [0.05, 0.1) is 18.1 Å². The van der Waals surface area contributed by atoms with Gasteiger partial charge in [-0.15, -0.1) is 12.4 Å². The Labute approximate surface area is 156 Å². The highest BCUT2D eigenvalue weighted by molar-refractivity contribution is 7.91. The number of benzene rings is 1. The molecule has 2 fully saturated rings. The molecule has 8 heteroatoms. The second-order valence-corrected chi connectivity index (χ2v) is 8.94. The number of hydrogen-bond donors (Lipinski definition) is 1. The molecular formula is C17H28ClN3O3S. The van der Waals surface area contributed by atoms with E-state index in [0.29, 0.717) is 25.7 Å². The highest BCUT2D eigenvalue weighted by Crippen LogP contribution is 2.29. The minimum absolute atomic E-state index is 0. The molecule has 0 amide bonds.